The molecule has 0 rings (SSSR count). The van der Waals surface area contributed by atoms with Gasteiger partial charge in [0.15, 0.2) is 0 Å². The van der Waals surface area contributed by atoms with Gasteiger partial charge >= 0.3 is 51.4 Å². The number of rotatable bonds is 16. The Morgan fingerprint density at radius 3 is 1.62 bits per heavy atom. The van der Waals surface area contributed by atoms with Gasteiger partial charge in [-0.3, -0.25) is 0 Å². The number of aliphatic hydroxyl groups excluding tert-OH is 1. The maximum atomic E-state index is 11.2. The van der Waals surface area contributed by atoms with Crippen molar-refractivity contribution >= 4 is 10.1 Å². The zero-order valence-electron chi connectivity index (χ0n) is 16.1. The molecule has 0 aromatic heterocycles. The number of hydrogen-bond donors (Lipinski definition) is 1. The van der Waals surface area contributed by atoms with Crippen LogP contribution in [0.4, 0.5) is 0 Å². The Morgan fingerprint density at radius 1 is 0.833 bits per heavy atom. The largest absolute Gasteiger partial charge is 1.00 e. The van der Waals surface area contributed by atoms with Crippen molar-refractivity contribution in [3.8, 4) is 0 Å². The minimum absolute atomic E-state index is 0. The van der Waals surface area contributed by atoms with E-state index >= 15 is 0 Å². The maximum Gasteiger partial charge on any atom is 1.00 e. The van der Waals surface area contributed by atoms with Crippen LogP contribution in [-0.4, -0.2) is 29.4 Å². The van der Waals surface area contributed by atoms with E-state index in [0.717, 1.165) is 19.3 Å². The fourth-order valence-electron chi connectivity index (χ4n) is 2.89. The third kappa shape index (κ3) is 16.9. The molecule has 24 heavy (non-hydrogen) atoms. The molecule has 0 aromatic carbocycles. The maximum absolute atomic E-state index is 11.2. The first kappa shape index (κ1) is 27.7. The van der Waals surface area contributed by atoms with Crippen molar-refractivity contribution in [3.05, 3.63) is 0 Å². The summed E-state index contributed by atoms with van der Waals surface area (Å²) in [5, 5.41) is 8.65. The van der Waals surface area contributed by atoms with E-state index in [1.54, 1.807) is 6.92 Å². The minimum atomic E-state index is -4.29. The Kier molecular flexibility index (Phi) is 20.7. The first-order chi connectivity index (χ1) is 10.9. The third-order valence-corrected chi connectivity index (χ3v) is 5.79. The van der Waals surface area contributed by atoms with Crippen LogP contribution in [0.2, 0.25) is 0 Å². The van der Waals surface area contributed by atoms with E-state index in [2.05, 4.69) is 6.92 Å². The topological polar surface area (TPSA) is 77.4 Å². The van der Waals surface area contributed by atoms with Crippen LogP contribution < -0.4 is 51.4 Å². The molecule has 1 N–H and O–H groups in total. The zero-order chi connectivity index (χ0) is 17.6. The van der Waals surface area contributed by atoms with Crippen molar-refractivity contribution in [2.24, 2.45) is 0 Å². The van der Waals surface area contributed by atoms with Crippen molar-refractivity contribution in [2.75, 3.05) is 0 Å². The fourth-order valence-corrected chi connectivity index (χ4v) is 3.80. The van der Waals surface area contributed by atoms with E-state index in [-0.39, 0.29) is 57.8 Å². The van der Waals surface area contributed by atoms with Crippen LogP contribution in [0, 0.1) is 0 Å². The molecule has 0 aromatic rings. The van der Waals surface area contributed by atoms with Crippen molar-refractivity contribution < 1.29 is 69.5 Å². The molecule has 140 valence electrons. The van der Waals surface area contributed by atoms with Crippen LogP contribution in [0.3, 0.4) is 0 Å². The summed E-state index contributed by atoms with van der Waals surface area (Å²) >= 11 is 0. The molecular formula is C18H37KO4S. The molecular weight excluding hydrogens is 351 g/mol. The van der Waals surface area contributed by atoms with Gasteiger partial charge in [0.25, 0.3) is 0 Å². The van der Waals surface area contributed by atoms with Crippen LogP contribution >= 0.6 is 0 Å². The summed E-state index contributed by atoms with van der Waals surface area (Å²) in [6.07, 6.45) is 13.5. The van der Waals surface area contributed by atoms with Gasteiger partial charge in [-0.25, -0.2) is 8.42 Å². The van der Waals surface area contributed by atoms with Gasteiger partial charge in [0.2, 0.25) is 0 Å². The summed E-state index contributed by atoms with van der Waals surface area (Å²) in [5.41, 5.74) is 0. The van der Waals surface area contributed by atoms with E-state index in [4.69, 9.17) is 0 Å². The number of hydrogen-bond acceptors (Lipinski definition) is 4. The van der Waals surface area contributed by atoms with Crippen LogP contribution in [-0.2, 0) is 10.1 Å². The molecule has 0 radical (unpaired) electrons. The fraction of sp³-hybridized carbons (Fsp3) is 1.00. The Labute approximate surface area is 192 Å². The molecule has 4 nitrogen and oxygen atoms in total. The average Bonchev–Trinajstić information content (AvgIpc) is 2.50. The van der Waals surface area contributed by atoms with Crippen LogP contribution in [0.15, 0.2) is 0 Å². The van der Waals surface area contributed by atoms with Gasteiger partial charge in [-0.05, 0) is 19.3 Å². The average molecular weight is 389 g/mol. The third-order valence-electron chi connectivity index (χ3n) is 4.54. The summed E-state index contributed by atoms with van der Waals surface area (Å²) in [5.74, 6) is 0. The second-order valence-corrected chi connectivity index (χ2v) is 8.39. The quantitative estimate of drug-likeness (QED) is 0.248. The van der Waals surface area contributed by atoms with E-state index in [9.17, 15) is 18.1 Å². The van der Waals surface area contributed by atoms with Gasteiger partial charge in [-0.2, -0.15) is 0 Å². The van der Waals surface area contributed by atoms with Crippen LogP contribution in [0.1, 0.15) is 104 Å². The molecule has 6 heteroatoms. The first-order valence-electron chi connectivity index (χ1n) is 9.54. The Morgan fingerprint density at radius 2 is 1.25 bits per heavy atom. The van der Waals surface area contributed by atoms with Crippen molar-refractivity contribution in [1.29, 1.82) is 0 Å². The van der Waals surface area contributed by atoms with Crippen molar-refractivity contribution in [1.82, 2.24) is 0 Å². The summed E-state index contributed by atoms with van der Waals surface area (Å²) in [6.45, 7) is 4.02. The van der Waals surface area contributed by atoms with Crippen molar-refractivity contribution in [2.45, 2.75) is 115 Å². The second kappa shape index (κ2) is 17.9. The molecule has 0 fully saturated rings. The molecule has 0 aliphatic heterocycles. The minimum Gasteiger partial charge on any atom is -0.748 e. The molecule has 0 heterocycles. The molecule has 0 aliphatic rings. The van der Waals surface area contributed by atoms with Gasteiger partial charge in [-0.1, -0.05) is 84.5 Å². The summed E-state index contributed by atoms with van der Waals surface area (Å²) in [4.78, 5) is 0. The van der Waals surface area contributed by atoms with E-state index < -0.39 is 21.5 Å². The SMILES string of the molecule is CCCCCCCCCCCCCC(CC(O)CC)S(=O)(=O)[O-].[K+]. The number of unbranched alkanes of at least 4 members (excludes halogenated alkanes) is 10. The number of aliphatic hydroxyl groups is 1. The molecule has 0 spiro atoms. The van der Waals surface area contributed by atoms with Crippen LogP contribution in [0.25, 0.3) is 0 Å². The predicted molar refractivity (Wildman–Crippen MR) is 95.5 cm³/mol. The van der Waals surface area contributed by atoms with Gasteiger partial charge in [-0.15, -0.1) is 0 Å². The van der Waals surface area contributed by atoms with E-state index in [0.29, 0.717) is 12.8 Å². The summed E-state index contributed by atoms with van der Waals surface area (Å²) < 4.78 is 33.7. The van der Waals surface area contributed by atoms with E-state index in [1.165, 1.54) is 51.4 Å². The molecule has 0 amide bonds. The van der Waals surface area contributed by atoms with Gasteiger partial charge in [0.1, 0.15) is 0 Å². The van der Waals surface area contributed by atoms with Gasteiger partial charge in [0, 0.05) is 0 Å². The van der Waals surface area contributed by atoms with Crippen LogP contribution in [0.5, 0.6) is 0 Å². The van der Waals surface area contributed by atoms with Gasteiger partial charge < -0.3 is 9.66 Å². The Hall–Kier alpha value is 1.51. The van der Waals surface area contributed by atoms with Gasteiger partial charge in [0.05, 0.1) is 21.5 Å². The molecule has 0 aliphatic carbocycles. The molecule has 2 unspecified atom stereocenters. The monoisotopic (exact) mass is 388 g/mol. The first-order valence-corrected chi connectivity index (χ1v) is 11.0. The Bertz CT molecular complexity index is 360. The zero-order valence-corrected chi connectivity index (χ0v) is 20.1. The molecule has 0 bridgehead atoms. The summed E-state index contributed by atoms with van der Waals surface area (Å²) in [7, 11) is -4.29. The smallest absolute Gasteiger partial charge is 0.748 e. The van der Waals surface area contributed by atoms with Crippen molar-refractivity contribution in [3.63, 3.8) is 0 Å². The standard InChI is InChI=1S/C18H38O4S.K/c1-3-5-6-7-8-9-10-11-12-13-14-15-18(23(20,21)22)16-17(19)4-2;/h17-19H,3-16H2,1-2H3,(H,20,21,22);/q;+1/p-1. The summed E-state index contributed by atoms with van der Waals surface area (Å²) in [6, 6.07) is 0. The molecule has 2 atom stereocenters. The molecule has 0 saturated heterocycles. The molecule has 0 saturated carbocycles. The predicted octanol–water partition coefficient (Wildman–Crippen LogP) is 1.77. The Balaban J connectivity index is 0. The second-order valence-electron chi connectivity index (χ2n) is 6.74. The van der Waals surface area contributed by atoms with E-state index in [1.807, 2.05) is 0 Å². The normalized spacial score (nSPS) is 14.2.